The van der Waals surface area contributed by atoms with Crippen molar-refractivity contribution in [3.8, 4) is 10.8 Å². The zero-order valence-electron chi connectivity index (χ0n) is 5.91. The number of benzene rings is 1. The summed E-state index contributed by atoms with van der Waals surface area (Å²) in [4.78, 5) is 0. The van der Waals surface area contributed by atoms with Gasteiger partial charge < -0.3 is 10.2 Å². The lowest BCUT2D eigenvalue weighted by molar-refractivity contribution is 0.452. The van der Waals surface area contributed by atoms with Crippen molar-refractivity contribution in [2.45, 2.75) is 0 Å². The van der Waals surface area contributed by atoms with Crippen LogP contribution in [0.15, 0.2) is 18.2 Å². The van der Waals surface area contributed by atoms with Gasteiger partial charge in [-0.3, -0.25) is 0 Å². The number of phenolic OH excluding ortho intramolecular Hbond substituents is 1. The molecule has 1 aromatic heterocycles. The predicted molar refractivity (Wildman–Crippen MR) is 45.1 cm³/mol. The first-order valence-electron chi connectivity index (χ1n) is 3.28. The number of rotatable bonds is 0. The molecule has 0 amide bonds. The van der Waals surface area contributed by atoms with Crippen LogP contribution in [0.2, 0.25) is 0 Å². The van der Waals surface area contributed by atoms with Crippen LogP contribution in [0, 0.1) is 5.82 Å². The van der Waals surface area contributed by atoms with Crippen molar-refractivity contribution in [2.24, 2.45) is 0 Å². The van der Waals surface area contributed by atoms with Gasteiger partial charge in [-0.2, -0.15) is 0 Å². The van der Waals surface area contributed by atoms with E-state index < -0.39 is 5.82 Å². The Bertz CT molecular complexity index is 436. The van der Waals surface area contributed by atoms with E-state index in [2.05, 4.69) is 0 Å². The fraction of sp³-hybridized carbons (Fsp3) is 0. The number of halogens is 1. The lowest BCUT2D eigenvalue weighted by atomic mass is 10.2. The van der Waals surface area contributed by atoms with Crippen LogP contribution < -0.4 is 0 Å². The molecule has 0 saturated heterocycles. The molecule has 1 aromatic carbocycles. The molecule has 0 aliphatic rings. The fourth-order valence-corrected chi connectivity index (χ4v) is 1.90. The molecular formula is C8H5FO2S. The molecule has 0 radical (unpaired) electrons. The van der Waals surface area contributed by atoms with Crippen molar-refractivity contribution in [3.05, 3.63) is 24.0 Å². The second kappa shape index (κ2) is 2.35. The molecule has 0 unspecified atom stereocenters. The monoisotopic (exact) mass is 184 g/mol. The Balaban J connectivity index is 2.87. The average Bonchev–Trinajstić information content (AvgIpc) is 2.28. The molecule has 2 aromatic rings. The summed E-state index contributed by atoms with van der Waals surface area (Å²) in [5.74, 6) is -0.543. The summed E-state index contributed by atoms with van der Waals surface area (Å²) in [6, 6.07) is 4.25. The van der Waals surface area contributed by atoms with Gasteiger partial charge in [0.2, 0.25) is 5.06 Å². The van der Waals surface area contributed by atoms with E-state index in [1.807, 2.05) is 0 Å². The third kappa shape index (κ3) is 0.921. The molecule has 0 saturated carbocycles. The summed E-state index contributed by atoms with van der Waals surface area (Å²) in [5.41, 5.74) is 0. The highest BCUT2D eigenvalue weighted by Gasteiger charge is 2.10. The number of phenols is 1. The number of aromatic hydroxyl groups is 2. The number of fused-ring (bicyclic) bond motifs is 1. The molecule has 12 heavy (non-hydrogen) atoms. The molecule has 2 N–H and O–H groups in total. The summed E-state index contributed by atoms with van der Waals surface area (Å²) in [5, 5.41) is 18.0. The Morgan fingerprint density at radius 2 is 2.00 bits per heavy atom. The molecular weight excluding hydrogens is 179 g/mol. The van der Waals surface area contributed by atoms with E-state index in [4.69, 9.17) is 10.2 Å². The van der Waals surface area contributed by atoms with Gasteiger partial charge in [0.15, 0.2) is 5.82 Å². The molecule has 0 aliphatic carbocycles. The highest BCUT2D eigenvalue weighted by Crippen LogP contribution is 2.36. The fourth-order valence-electron chi connectivity index (χ4n) is 1.04. The number of hydrogen-bond acceptors (Lipinski definition) is 3. The van der Waals surface area contributed by atoms with Crippen LogP contribution in [-0.2, 0) is 0 Å². The second-order valence-electron chi connectivity index (χ2n) is 2.40. The Labute approximate surface area is 71.5 Å². The van der Waals surface area contributed by atoms with Crippen LogP contribution in [0.4, 0.5) is 4.39 Å². The minimum Gasteiger partial charge on any atom is -0.508 e. The van der Waals surface area contributed by atoms with E-state index in [0.717, 1.165) is 11.3 Å². The van der Waals surface area contributed by atoms with E-state index in [9.17, 15) is 4.39 Å². The van der Waals surface area contributed by atoms with Crippen LogP contribution in [-0.4, -0.2) is 10.2 Å². The van der Waals surface area contributed by atoms with E-state index >= 15 is 0 Å². The van der Waals surface area contributed by atoms with Crippen molar-refractivity contribution in [2.75, 3.05) is 0 Å². The van der Waals surface area contributed by atoms with Gasteiger partial charge in [0.05, 0.1) is 0 Å². The lowest BCUT2D eigenvalue weighted by Gasteiger charge is -1.89. The van der Waals surface area contributed by atoms with Gasteiger partial charge in [-0.05, 0) is 18.2 Å². The van der Waals surface area contributed by atoms with E-state index in [1.54, 1.807) is 0 Å². The molecule has 2 rings (SSSR count). The number of thiophene rings is 1. The smallest absolute Gasteiger partial charge is 0.209 e. The maximum absolute atomic E-state index is 13.0. The van der Waals surface area contributed by atoms with Gasteiger partial charge in [-0.25, -0.2) is 4.39 Å². The van der Waals surface area contributed by atoms with Crippen LogP contribution in [0.5, 0.6) is 10.8 Å². The minimum absolute atomic E-state index is 0.0729. The van der Waals surface area contributed by atoms with Crippen LogP contribution >= 0.6 is 11.3 Å². The Kier molecular flexibility index (Phi) is 1.44. The third-order valence-electron chi connectivity index (χ3n) is 1.60. The molecule has 0 fully saturated rings. The number of hydrogen-bond donors (Lipinski definition) is 2. The summed E-state index contributed by atoms with van der Waals surface area (Å²) >= 11 is 0.913. The van der Waals surface area contributed by atoms with Gasteiger partial charge in [0.1, 0.15) is 5.75 Å². The van der Waals surface area contributed by atoms with Gasteiger partial charge in [-0.1, -0.05) is 11.3 Å². The molecule has 0 aliphatic heterocycles. The maximum Gasteiger partial charge on any atom is 0.209 e. The highest BCUT2D eigenvalue weighted by molar-refractivity contribution is 7.20. The quantitative estimate of drug-likeness (QED) is 0.660. The Morgan fingerprint density at radius 3 is 2.75 bits per heavy atom. The van der Waals surface area contributed by atoms with Crippen molar-refractivity contribution >= 4 is 21.4 Å². The standard InChI is InChI=1S/C8H5FO2S/c9-7-5-2-1-4(10)3-6(5)12-8(7)11/h1-3,10-11H. The first-order chi connectivity index (χ1) is 5.68. The normalized spacial score (nSPS) is 10.8. The molecule has 4 heteroatoms. The van der Waals surface area contributed by atoms with Crippen molar-refractivity contribution in [1.29, 1.82) is 0 Å². The average molecular weight is 184 g/mol. The zero-order valence-corrected chi connectivity index (χ0v) is 6.73. The largest absolute Gasteiger partial charge is 0.508 e. The molecule has 0 bridgehead atoms. The first kappa shape index (κ1) is 7.36. The van der Waals surface area contributed by atoms with Crippen molar-refractivity contribution < 1.29 is 14.6 Å². The minimum atomic E-state index is -0.616. The summed E-state index contributed by atoms with van der Waals surface area (Å²) in [7, 11) is 0. The van der Waals surface area contributed by atoms with E-state index in [-0.39, 0.29) is 10.8 Å². The highest BCUT2D eigenvalue weighted by atomic mass is 32.1. The Morgan fingerprint density at radius 1 is 1.25 bits per heavy atom. The molecule has 2 nitrogen and oxygen atoms in total. The van der Waals surface area contributed by atoms with Crippen molar-refractivity contribution in [3.63, 3.8) is 0 Å². The lowest BCUT2D eigenvalue weighted by Crippen LogP contribution is -1.68. The topological polar surface area (TPSA) is 40.5 Å². The maximum atomic E-state index is 13.0. The molecule has 0 spiro atoms. The van der Waals surface area contributed by atoms with E-state index in [0.29, 0.717) is 10.1 Å². The summed E-state index contributed by atoms with van der Waals surface area (Å²) < 4.78 is 13.5. The second-order valence-corrected chi connectivity index (χ2v) is 3.43. The van der Waals surface area contributed by atoms with Gasteiger partial charge in [-0.15, -0.1) is 0 Å². The first-order valence-corrected chi connectivity index (χ1v) is 4.10. The molecule has 62 valence electrons. The predicted octanol–water partition coefficient (Wildman–Crippen LogP) is 2.45. The summed E-state index contributed by atoms with van der Waals surface area (Å²) in [6.45, 7) is 0. The van der Waals surface area contributed by atoms with Gasteiger partial charge in [0.25, 0.3) is 0 Å². The van der Waals surface area contributed by atoms with Gasteiger partial charge in [0, 0.05) is 10.1 Å². The van der Waals surface area contributed by atoms with Crippen LogP contribution in [0.1, 0.15) is 0 Å². The van der Waals surface area contributed by atoms with E-state index in [1.165, 1.54) is 18.2 Å². The Hall–Kier alpha value is -1.29. The zero-order chi connectivity index (χ0) is 8.72. The van der Waals surface area contributed by atoms with Crippen molar-refractivity contribution in [1.82, 2.24) is 0 Å². The van der Waals surface area contributed by atoms with Crippen LogP contribution in [0.3, 0.4) is 0 Å². The SMILES string of the molecule is Oc1ccc2c(F)c(O)sc2c1. The summed E-state index contributed by atoms with van der Waals surface area (Å²) in [6.07, 6.45) is 0. The van der Waals surface area contributed by atoms with Gasteiger partial charge >= 0.3 is 0 Å². The molecule has 0 atom stereocenters. The van der Waals surface area contributed by atoms with Crippen LogP contribution in [0.25, 0.3) is 10.1 Å². The third-order valence-corrected chi connectivity index (χ3v) is 2.53. The molecule has 1 heterocycles.